The first-order valence-electron chi connectivity index (χ1n) is 4.55. The Morgan fingerprint density at radius 3 is 2.67 bits per heavy atom. The third-order valence-corrected chi connectivity index (χ3v) is 2.08. The fourth-order valence-electron chi connectivity index (χ4n) is 1.30. The lowest BCUT2D eigenvalue weighted by Crippen LogP contribution is -2.11. The van der Waals surface area contributed by atoms with Crippen LogP contribution in [0.5, 0.6) is 0 Å². The van der Waals surface area contributed by atoms with Gasteiger partial charge in [0.05, 0.1) is 24.0 Å². The van der Waals surface area contributed by atoms with Crippen LogP contribution in [0.3, 0.4) is 0 Å². The third kappa shape index (κ3) is 2.73. The summed E-state index contributed by atoms with van der Waals surface area (Å²) in [5.41, 5.74) is -3.01. The number of esters is 1. The van der Waals surface area contributed by atoms with Crippen molar-refractivity contribution in [3.05, 3.63) is 33.4 Å². The van der Waals surface area contributed by atoms with Crippen molar-refractivity contribution in [1.29, 1.82) is 0 Å². The highest BCUT2D eigenvalue weighted by Crippen LogP contribution is 2.33. The molecule has 0 radical (unpaired) electrons. The molecule has 1 aromatic rings. The molecule has 0 aliphatic rings. The molecule has 0 unspecified atom stereocenters. The molecule has 0 aromatic carbocycles. The van der Waals surface area contributed by atoms with Crippen LogP contribution < -0.4 is 0 Å². The second kappa shape index (κ2) is 5.43. The number of rotatable bonds is 4. The summed E-state index contributed by atoms with van der Waals surface area (Å²) in [6.45, 7) is 0. The Morgan fingerprint density at radius 2 is 2.22 bits per heavy atom. The van der Waals surface area contributed by atoms with Gasteiger partial charge in [-0.25, -0.2) is 13.8 Å². The Bertz CT molecular complexity index is 493. The molecule has 0 saturated heterocycles. The zero-order valence-electron chi connectivity index (χ0n) is 9.02. The van der Waals surface area contributed by atoms with Crippen molar-refractivity contribution < 1.29 is 27.6 Å². The van der Waals surface area contributed by atoms with E-state index in [2.05, 4.69) is 9.72 Å². The van der Waals surface area contributed by atoms with Crippen LogP contribution in [-0.2, 0) is 16.0 Å². The first kappa shape index (κ1) is 13.9. The quantitative estimate of drug-likeness (QED) is 0.358. The van der Waals surface area contributed by atoms with Gasteiger partial charge < -0.3 is 4.74 Å². The summed E-state index contributed by atoms with van der Waals surface area (Å²) in [5, 5.41) is 10.7. The average Bonchev–Trinajstić information content (AvgIpc) is 2.29. The van der Waals surface area contributed by atoms with Gasteiger partial charge in [-0.3, -0.25) is 14.9 Å². The van der Waals surface area contributed by atoms with Gasteiger partial charge in [-0.2, -0.15) is 4.39 Å². The second-order valence-electron chi connectivity index (χ2n) is 3.15. The zero-order chi connectivity index (χ0) is 13.9. The first-order valence-corrected chi connectivity index (χ1v) is 4.55. The van der Waals surface area contributed by atoms with Gasteiger partial charge in [-0.05, 0) is 0 Å². The van der Waals surface area contributed by atoms with E-state index in [0.717, 1.165) is 7.11 Å². The Hall–Kier alpha value is -2.19. The number of pyridine rings is 1. The number of carbonyl (C=O) groups is 1. The summed E-state index contributed by atoms with van der Waals surface area (Å²) in [7, 11) is 1.03. The number of ether oxygens (including phenoxy) is 1. The third-order valence-electron chi connectivity index (χ3n) is 2.08. The first-order chi connectivity index (χ1) is 8.38. The van der Waals surface area contributed by atoms with Gasteiger partial charge in [0.15, 0.2) is 5.56 Å². The summed E-state index contributed by atoms with van der Waals surface area (Å²) < 4.78 is 42.4. The molecule has 1 heterocycles. The molecule has 0 atom stereocenters. The van der Waals surface area contributed by atoms with Crippen LogP contribution in [0.1, 0.15) is 17.6 Å². The molecule has 9 heteroatoms. The number of nitro groups is 1. The summed E-state index contributed by atoms with van der Waals surface area (Å²) in [6.07, 6.45) is -3.38. The number of hydrogen-bond donors (Lipinski definition) is 0. The molecule has 0 saturated carbocycles. The molecule has 98 valence electrons. The molecule has 0 amide bonds. The molecule has 6 nitrogen and oxygen atoms in total. The number of methoxy groups -OCH3 is 1. The van der Waals surface area contributed by atoms with Crippen molar-refractivity contribution in [2.75, 3.05) is 7.11 Å². The SMILES string of the molecule is COC(=O)Cc1cnc(F)c(C(F)F)c1[N+](=O)[O-]. The number of halogens is 3. The van der Waals surface area contributed by atoms with Crippen LogP contribution in [0.25, 0.3) is 0 Å². The van der Waals surface area contributed by atoms with Gasteiger partial charge in [-0.1, -0.05) is 0 Å². The molecule has 0 fully saturated rings. The maximum absolute atomic E-state index is 13.0. The number of hydrogen-bond acceptors (Lipinski definition) is 5. The van der Waals surface area contributed by atoms with E-state index in [-0.39, 0.29) is 0 Å². The predicted molar refractivity (Wildman–Crippen MR) is 51.5 cm³/mol. The summed E-state index contributed by atoms with van der Waals surface area (Å²) >= 11 is 0. The molecular formula is C9H7F3N2O4. The maximum Gasteiger partial charge on any atom is 0.310 e. The van der Waals surface area contributed by atoms with Gasteiger partial charge >= 0.3 is 5.97 Å². The number of nitrogens with zero attached hydrogens (tertiary/aromatic N) is 2. The predicted octanol–water partition coefficient (Wildman–Crippen LogP) is 1.78. The van der Waals surface area contributed by atoms with Crippen LogP contribution in [0.15, 0.2) is 6.20 Å². The largest absolute Gasteiger partial charge is 0.469 e. The molecule has 0 aliphatic carbocycles. The standard InChI is InChI=1S/C9H7F3N2O4/c1-18-5(15)2-4-3-13-9(12)6(8(10)11)7(4)14(16)17/h3,8H,2H2,1H3. The monoisotopic (exact) mass is 264 g/mol. The van der Waals surface area contributed by atoms with Crippen molar-refractivity contribution in [3.63, 3.8) is 0 Å². The van der Waals surface area contributed by atoms with E-state index in [9.17, 15) is 28.1 Å². The van der Waals surface area contributed by atoms with Crippen molar-refractivity contribution in [1.82, 2.24) is 4.98 Å². The fraction of sp³-hybridized carbons (Fsp3) is 0.333. The van der Waals surface area contributed by atoms with Crippen molar-refractivity contribution in [3.8, 4) is 0 Å². The minimum Gasteiger partial charge on any atom is -0.469 e. The van der Waals surface area contributed by atoms with Crippen LogP contribution >= 0.6 is 0 Å². The lowest BCUT2D eigenvalue weighted by Gasteiger charge is -2.07. The van der Waals surface area contributed by atoms with Gasteiger partial charge in [0.2, 0.25) is 5.95 Å². The topological polar surface area (TPSA) is 82.3 Å². The molecule has 0 spiro atoms. The van der Waals surface area contributed by atoms with E-state index < -0.39 is 46.5 Å². The van der Waals surface area contributed by atoms with Crippen molar-refractivity contribution in [2.24, 2.45) is 0 Å². The minimum atomic E-state index is -3.41. The number of carbonyl (C=O) groups excluding carboxylic acids is 1. The Labute approximate surface area is 98.5 Å². The van der Waals surface area contributed by atoms with Crippen LogP contribution in [-0.4, -0.2) is 23.0 Å². The van der Waals surface area contributed by atoms with E-state index in [4.69, 9.17) is 0 Å². The molecule has 0 aliphatic heterocycles. The number of aromatic nitrogens is 1. The summed E-state index contributed by atoms with van der Waals surface area (Å²) in [4.78, 5) is 23.5. The van der Waals surface area contributed by atoms with Crippen LogP contribution in [0.2, 0.25) is 0 Å². The van der Waals surface area contributed by atoms with E-state index >= 15 is 0 Å². The van der Waals surface area contributed by atoms with Gasteiger partial charge in [-0.15, -0.1) is 0 Å². The zero-order valence-corrected chi connectivity index (χ0v) is 9.02. The van der Waals surface area contributed by atoms with Gasteiger partial charge in [0.1, 0.15) is 0 Å². The van der Waals surface area contributed by atoms with Crippen molar-refractivity contribution in [2.45, 2.75) is 12.8 Å². The van der Waals surface area contributed by atoms with Crippen LogP contribution in [0.4, 0.5) is 18.9 Å². The van der Waals surface area contributed by atoms with Gasteiger partial charge in [0, 0.05) is 6.20 Å². The Balaban J connectivity index is 3.39. The second-order valence-corrected chi connectivity index (χ2v) is 3.15. The maximum atomic E-state index is 13.0. The smallest absolute Gasteiger partial charge is 0.310 e. The lowest BCUT2D eigenvalue weighted by molar-refractivity contribution is -0.387. The molecule has 0 N–H and O–H groups in total. The number of alkyl halides is 2. The van der Waals surface area contributed by atoms with E-state index in [1.54, 1.807) is 0 Å². The normalized spacial score (nSPS) is 10.5. The van der Waals surface area contributed by atoms with Gasteiger partial charge in [0.25, 0.3) is 12.1 Å². The van der Waals surface area contributed by atoms with E-state index in [1.165, 1.54) is 0 Å². The summed E-state index contributed by atoms with van der Waals surface area (Å²) in [5.74, 6) is -2.52. The van der Waals surface area contributed by atoms with Crippen molar-refractivity contribution >= 4 is 11.7 Å². The molecule has 0 bridgehead atoms. The highest BCUT2D eigenvalue weighted by molar-refractivity contribution is 5.74. The average molecular weight is 264 g/mol. The van der Waals surface area contributed by atoms with Crippen LogP contribution in [0, 0.1) is 16.1 Å². The summed E-state index contributed by atoms with van der Waals surface area (Å²) in [6, 6.07) is 0. The Kier molecular flexibility index (Phi) is 4.18. The molecule has 1 aromatic heterocycles. The fourth-order valence-corrected chi connectivity index (χ4v) is 1.30. The minimum absolute atomic E-state index is 0.427. The molecule has 1 rings (SSSR count). The van der Waals surface area contributed by atoms with E-state index in [1.807, 2.05) is 0 Å². The molecule has 18 heavy (non-hydrogen) atoms. The van der Waals surface area contributed by atoms with E-state index in [0.29, 0.717) is 6.20 Å². The Morgan fingerprint density at radius 1 is 1.61 bits per heavy atom. The highest BCUT2D eigenvalue weighted by atomic mass is 19.3. The highest BCUT2D eigenvalue weighted by Gasteiger charge is 2.31. The lowest BCUT2D eigenvalue weighted by atomic mass is 10.1. The molecular weight excluding hydrogens is 257 g/mol.